The number of rotatable bonds is 6. The molecular weight excluding hydrogens is 449 g/mol. The highest BCUT2D eigenvalue weighted by Gasteiger charge is 2.36. The van der Waals surface area contributed by atoms with Crippen LogP contribution in [0.4, 0.5) is 30.2 Å². The van der Waals surface area contributed by atoms with Gasteiger partial charge in [-0.25, -0.2) is 4.68 Å². The fourth-order valence-corrected chi connectivity index (χ4v) is 3.87. The Hall–Kier alpha value is -3.73. The lowest BCUT2D eigenvalue weighted by Crippen LogP contribution is -2.22. The molecular formula is C23H23F3N6O2. The summed E-state index contributed by atoms with van der Waals surface area (Å²) in [5.74, 6) is -0.470. The molecule has 178 valence electrons. The predicted molar refractivity (Wildman–Crippen MR) is 122 cm³/mol. The van der Waals surface area contributed by atoms with Crippen LogP contribution < -0.4 is 10.2 Å². The van der Waals surface area contributed by atoms with Crippen molar-refractivity contribution >= 4 is 28.7 Å². The zero-order chi connectivity index (χ0) is 24.5. The van der Waals surface area contributed by atoms with Gasteiger partial charge in [0, 0.05) is 13.6 Å². The number of aliphatic imine (C=N–C) groups is 1. The molecule has 11 heteroatoms. The first-order valence-corrected chi connectivity index (χ1v) is 10.7. The number of hydrogen-bond donors (Lipinski definition) is 2. The summed E-state index contributed by atoms with van der Waals surface area (Å²) in [5.41, 5.74) is 1.50. The zero-order valence-corrected chi connectivity index (χ0v) is 18.6. The van der Waals surface area contributed by atoms with Crippen molar-refractivity contribution in [2.24, 2.45) is 4.99 Å². The van der Waals surface area contributed by atoms with E-state index in [4.69, 9.17) is 0 Å². The SMILES string of the molecule is CCCN(C)c1cc2c(cc1C(F)(F)F)NC(=O)CC(c1cccc(-n3nncc3CO)c1)=N2. The Bertz CT molecular complexity index is 1250. The van der Waals surface area contributed by atoms with E-state index in [0.29, 0.717) is 35.6 Å². The molecule has 8 nitrogen and oxygen atoms in total. The van der Waals surface area contributed by atoms with Crippen LogP contribution in [0.5, 0.6) is 0 Å². The van der Waals surface area contributed by atoms with Gasteiger partial charge in [0.1, 0.15) is 0 Å². The van der Waals surface area contributed by atoms with Gasteiger partial charge in [-0.3, -0.25) is 9.79 Å². The van der Waals surface area contributed by atoms with Crippen molar-refractivity contribution in [2.75, 3.05) is 23.8 Å². The van der Waals surface area contributed by atoms with Crippen molar-refractivity contribution in [2.45, 2.75) is 32.5 Å². The number of hydrogen-bond acceptors (Lipinski definition) is 6. The van der Waals surface area contributed by atoms with Gasteiger partial charge in [-0.05, 0) is 36.2 Å². The van der Waals surface area contributed by atoms with Crippen LogP contribution in [0.3, 0.4) is 0 Å². The standard InChI is InChI=1S/C23H23F3N6O2/c1-3-7-31(2)21-10-20-19(9-17(21)23(24,25)26)29-22(34)11-18(28-20)14-5-4-6-15(8-14)32-16(13-33)12-27-30-32/h4-6,8-10,12,33H,3,7,11,13H2,1-2H3,(H,29,34). The highest BCUT2D eigenvalue weighted by Crippen LogP contribution is 2.43. The largest absolute Gasteiger partial charge is 0.418 e. The van der Waals surface area contributed by atoms with Crippen molar-refractivity contribution in [3.63, 3.8) is 0 Å². The Morgan fingerprint density at radius 3 is 2.74 bits per heavy atom. The van der Waals surface area contributed by atoms with Gasteiger partial charge in [0.15, 0.2) is 0 Å². The fourth-order valence-electron chi connectivity index (χ4n) is 3.87. The maximum atomic E-state index is 13.8. The van der Waals surface area contributed by atoms with E-state index in [1.807, 2.05) is 6.92 Å². The van der Waals surface area contributed by atoms with E-state index < -0.39 is 17.6 Å². The van der Waals surface area contributed by atoms with Crippen molar-refractivity contribution in [3.05, 3.63) is 59.4 Å². The van der Waals surface area contributed by atoms with Crippen LogP contribution in [0.1, 0.15) is 36.6 Å². The quantitative estimate of drug-likeness (QED) is 0.564. The zero-order valence-electron chi connectivity index (χ0n) is 18.6. The highest BCUT2D eigenvalue weighted by molar-refractivity contribution is 6.17. The van der Waals surface area contributed by atoms with E-state index >= 15 is 0 Å². The molecule has 0 unspecified atom stereocenters. The number of carbonyl (C=O) groups excluding carboxylic acids is 1. The van der Waals surface area contributed by atoms with Crippen LogP contribution in [0.2, 0.25) is 0 Å². The minimum absolute atomic E-state index is 0.00342. The number of amides is 1. The van der Waals surface area contributed by atoms with Gasteiger partial charge in [0.2, 0.25) is 5.91 Å². The first-order chi connectivity index (χ1) is 16.2. The second-order valence-electron chi connectivity index (χ2n) is 7.93. The monoisotopic (exact) mass is 472 g/mol. The average Bonchev–Trinajstić information content (AvgIpc) is 3.21. The average molecular weight is 472 g/mol. The molecule has 1 aliphatic rings. The van der Waals surface area contributed by atoms with Crippen molar-refractivity contribution in [1.29, 1.82) is 0 Å². The van der Waals surface area contributed by atoms with Crippen LogP contribution >= 0.6 is 0 Å². The Morgan fingerprint density at radius 1 is 1.24 bits per heavy atom. The number of benzene rings is 2. The molecule has 3 aromatic rings. The van der Waals surface area contributed by atoms with Gasteiger partial charge in [0.05, 0.1) is 58.9 Å². The molecule has 0 bridgehead atoms. The molecule has 0 radical (unpaired) electrons. The lowest BCUT2D eigenvalue weighted by Gasteiger charge is -2.24. The van der Waals surface area contributed by atoms with E-state index in [-0.39, 0.29) is 30.1 Å². The summed E-state index contributed by atoms with van der Waals surface area (Å²) in [4.78, 5) is 18.7. The molecule has 0 spiro atoms. The number of aliphatic hydroxyl groups excluding tert-OH is 1. The summed E-state index contributed by atoms with van der Waals surface area (Å²) >= 11 is 0. The second-order valence-corrected chi connectivity index (χ2v) is 7.93. The smallest absolute Gasteiger partial charge is 0.390 e. The fraction of sp³-hybridized carbons (Fsp3) is 0.304. The van der Waals surface area contributed by atoms with E-state index in [2.05, 4.69) is 20.6 Å². The van der Waals surface area contributed by atoms with Gasteiger partial charge in [-0.1, -0.05) is 24.3 Å². The predicted octanol–water partition coefficient (Wildman–Crippen LogP) is 4.09. The molecule has 1 aliphatic heterocycles. The molecule has 0 atom stereocenters. The molecule has 0 saturated heterocycles. The third-order valence-electron chi connectivity index (χ3n) is 5.45. The molecule has 0 fully saturated rings. The van der Waals surface area contributed by atoms with Crippen LogP contribution in [-0.4, -0.2) is 45.3 Å². The number of anilines is 2. The molecule has 0 aliphatic carbocycles. The number of fused-ring (bicyclic) bond motifs is 1. The van der Waals surface area contributed by atoms with Gasteiger partial charge in [-0.2, -0.15) is 13.2 Å². The normalized spacial score (nSPS) is 13.7. The summed E-state index contributed by atoms with van der Waals surface area (Å²) in [6.07, 6.45) is -2.61. The highest BCUT2D eigenvalue weighted by atomic mass is 19.4. The Balaban J connectivity index is 1.83. The van der Waals surface area contributed by atoms with Gasteiger partial charge >= 0.3 is 6.18 Å². The van der Waals surface area contributed by atoms with E-state index in [9.17, 15) is 23.1 Å². The first kappa shape index (κ1) is 23.4. The van der Waals surface area contributed by atoms with Crippen LogP contribution in [0.15, 0.2) is 47.6 Å². The summed E-state index contributed by atoms with van der Waals surface area (Å²) in [6, 6.07) is 9.30. The summed E-state index contributed by atoms with van der Waals surface area (Å²) < 4.78 is 42.8. The molecule has 0 saturated carbocycles. The van der Waals surface area contributed by atoms with Gasteiger partial charge in [0.25, 0.3) is 0 Å². The van der Waals surface area contributed by atoms with E-state index in [1.54, 1.807) is 31.3 Å². The number of nitrogens with one attached hydrogen (secondary N) is 1. The molecule has 34 heavy (non-hydrogen) atoms. The van der Waals surface area contributed by atoms with Gasteiger partial charge < -0.3 is 15.3 Å². The van der Waals surface area contributed by atoms with Crippen molar-refractivity contribution in [1.82, 2.24) is 15.0 Å². The summed E-state index contributed by atoms with van der Waals surface area (Å²) in [6.45, 7) is 2.05. The maximum Gasteiger partial charge on any atom is 0.418 e. The number of halogens is 3. The number of alkyl halides is 3. The second kappa shape index (κ2) is 9.26. The Labute approximate surface area is 193 Å². The van der Waals surface area contributed by atoms with Gasteiger partial charge in [-0.15, -0.1) is 5.10 Å². The van der Waals surface area contributed by atoms with E-state index in [1.165, 1.54) is 21.8 Å². The molecule has 2 aromatic carbocycles. The van der Waals surface area contributed by atoms with Crippen molar-refractivity contribution in [3.8, 4) is 5.69 Å². The minimum Gasteiger partial charge on any atom is -0.390 e. The maximum absolute atomic E-state index is 13.8. The number of nitrogens with zero attached hydrogens (tertiary/aromatic N) is 5. The van der Waals surface area contributed by atoms with Crippen LogP contribution in [0.25, 0.3) is 5.69 Å². The number of aromatic nitrogens is 3. The first-order valence-electron chi connectivity index (χ1n) is 10.7. The molecule has 2 N–H and O–H groups in total. The Morgan fingerprint density at radius 2 is 2.03 bits per heavy atom. The van der Waals surface area contributed by atoms with Crippen LogP contribution in [0, 0.1) is 0 Å². The van der Waals surface area contributed by atoms with Crippen LogP contribution in [-0.2, 0) is 17.6 Å². The number of aliphatic hydroxyl groups is 1. The molecule has 2 heterocycles. The molecule has 1 aromatic heterocycles. The summed E-state index contributed by atoms with van der Waals surface area (Å²) in [7, 11) is 1.60. The third kappa shape index (κ3) is 4.65. The lowest BCUT2D eigenvalue weighted by molar-refractivity contribution is -0.137. The Kier molecular flexibility index (Phi) is 6.38. The summed E-state index contributed by atoms with van der Waals surface area (Å²) in [5, 5.41) is 19.8. The molecule has 1 amide bonds. The third-order valence-corrected chi connectivity index (χ3v) is 5.45. The topological polar surface area (TPSA) is 95.6 Å². The molecule has 4 rings (SSSR count). The minimum atomic E-state index is -4.59. The van der Waals surface area contributed by atoms with Crippen molar-refractivity contribution < 1.29 is 23.1 Å². The van der Waals surface area contributed by atoms with E-state index in [0.717, 1.165) is 6.07 Å². The lowest BCUT2D eigenvalue weighted by atomic mass is 10.1. The number of carbonyl (C=O) groups is 1.